The molecule has 0 unspecified atom stereocenters. The Labute approximate surface area is 101 Å². The smallest absolute Gasteiger partial charge is 0.269 e. The van der Waals surface area contributed by atoms with Crippen LogP contribution in [0, 0.1) is 13.8 Å². The molecule has 0 fully saturated rings. The molecule has 0 aliphatic carbocycles. The zero-order valence-electron chi connectivity index (χ0n) is 10.6. The first-order valence-electron chi connectivity index (χ1n) is 5.95. The van der Waals surface area contributed by atoms with Crippen molar-refractivity contribution in [2.24, 2.45) is 0 Å². The predicted molar refractivity (Wildman–Crippen MR) is 69.4 cm³/mol. The Hall–Kier alpha value is -1.77. The van der Waals surface area contributed by atoms with Crippen molar-refractivity contribution in [2.75, 3.05) is 0 Å². The van der Waals surface area contributed by atoms with E-state index in [4.69, 9.17) is 0 Å². The first-order chi connectivity index (χ1) is 8.11. The second kappa shape index (κ2) is 4.62. The van der Waals surface area contributed by atoms with Crippen molar-refractivity contribution in [1.29, 1.82) is 0 Å². The minimum atomic E-state index is 0.0856. The maximum Gasteiger partial charge on any atom is 0.269 e. The Morgan fingerprint density at radius 3 is 2.35 bits per heavy atom. The molecular formula is C14H18N2O. The third-order valence-electron chi connectivity index (χ3n) is 3.10. The van der Waals surface area contributed by atoms with Crippen LogP contribution in [0.25, 0.3) is 0 Å². The molecule has 0 amide bonds. The number of aromatic nitrogens is 2. The van der Waals surface area contributed by atoms with Crippen LogP contribution in [-0.4, -0.2) is 9.78 Å². The number of rotatable bonds is 3. The minimum absolute atomic E-state index is 0.0856. The molecule has 0 atom stereocenters. The third-order valence-corrected chi connectivity index (χ3v) is 3.10. The van der Waals surface area contributed by atoms with Gasteiger partial charge in [-0.25, -0.2) is 4.68 Å². The van der Waals surface area contributed by atoms with E-state index >= 15 is 0 Å². The zero-order valence-corrected chi connectivity index (χ0v) is 10.6. The number of aryl methyl sites for hydroxylation is 2. The summed E-state index contributed by atoms with van der Waals surface area (Å²) in [7, 11) is 0. The molecule has 17 heavy (non-hydrogen) atoms. The number of aromatic amines is 1. The second-order valence-corrected chi connectivity index (χ2v) is 4.45. The molecule has 0 saturated heterocycles. The van der Waals surface area contributed by atoms with E-state index in [0.29, 0.717) is 6.54 Å². The van der Waals surface area contributed by atoms with Crippen LogP contribution in [0.3, 0.4) is 0 Å². The van der Waals surface area contributed by atoms with Gasteiger partial charge in [0.25, 0.3) is 5.56 Å². The topological polar surface area (TPSA) is 37.8 Å². The van der Waals surface area contributed by atoms with Gasteiger partial charge in [-0.2, -0.15) is 0 Å². The van der Waals surface area contributed by atoms with E-state index in [1.54, 1.807) is 4.68 Å². The molecule has 3 heteroatoms. The van der Waals surface area contributed by atoms with Gasteiger partial charge in [0, 0.05) is 11.3 Å². The number of benzene rings is 1. The fraction of sp³-hybridized carbons (Fsp3) is 0.357. The average Bonchev–Trinajstić information content (AvgIpc) is 2.60. The lowest BCUT2D eigenvalue weighted by Gasteiger charge is -2.02. The van der Waals surface area contributed by atoms with Gasteiger partial charge in [-0.3, -0.25) is 9.89 Å². The van der Waals surface area contributed by atoms with Crippen LogP contribution in [0.15, 0.2) is 29.1 Å². The number of H-pyrrole nitrogens is 1. The Morgan fingerprint density at radius 1 is 1.18 bits per heavy atom. The molecule has 2 aromatic rings. The van der Waals surface area contributed by atoms with Gasteiger partial charge < -0.3 is 0 Å². The summed E-state index contributed by atoms with van der Waals surface area (Å²) in [5.74, 6) is 0. The monoisotopic (exact) mass is 230 g/mol. The van der Waals surface area contributed by atoms with Gasteiger partial charge in [0.1, 0.15) is 0 Å². The van der Waals surface area contributed by atoms with Crippen LogP contribution in [0.5, 0.6) is 0 Å². The van der Waals surface area contributed by atoms with E-state index in [1.165, 1.54) is 5.56 Å². The standard InChI is InChI=1S/C14H18N2O/c1-4-13-11(3)14(17)16(15-13)9-12-7-5-10(2)6-8-12/h5-8,15H,4,9H2,1-3H3. The maximum absolute atomic E-state index is 12.0. The summed E-state index contributed by atoms with van der Waals surface area (Å²) in [5, 5.41) is 3.17. The van der Waals surface area contributed by atoms with Gasteiger partial charge in [0.15, 0.2) is 0 Å². The molecule has 0 spiro atoms. The molecule has 0 bridgehead atoms. The first kappa shape index (κ1) is 11.7. The largest absolute Gasteiger partial charge is 0.299 e. The molecular weight excluding hydrogens is 212 g/mol. The molecule has 0 saturated carbocycles. The van der Waals surface area contributed by atoms with Crippen molar-refractivity contribution >= 4 is 0 Å². The van der Waals surface area contributed by atoms with Gasteiger partial charge in [0.05, 0.1) is 6.54 Å². The van der Waals surface area contributed by atoms with Crippen LogP contribution < -0.4 is 5.56 Å². The molecule has 90 valence electrons. The van der Waals surface area contributed by atoms with Crippen molar-refractivity contribution in [3.05, 3.63) is 57.0 Å². The maximum atomic E-state index is 12.0. The fourth-order valence-corrected chi connectivity index (χ4v) is 1.96. The second-order valence-electron chi connectivity index (χ2n) is 4.45. The van der Waals surface area contributed by atoms with Gasteiger partial charge >= 0.3 is 0 Å². The highest BCUT2D eigenvalue weighted by Gasteiger charge is 2.08. The molecule has 1 N–H and O–H groups in total. The molecule has 1 heterocycles. The molecule has 1 aromatic heterocycles. The van der Waals surface area contributed by atoms with Crippen molar-refractivity contribution < 1.29 is 0 Å². The molecule has 0 aliphatic heterocycles. The normalized spacial score (nSPS) is 10.8. The lowest BCUT2D eigenvalue weighted by Crippen LogP contribution is -2.18. The van der Waals surface area contributed by atoms with Crippen molar-refractivity contribution in [3.8, 4) is 0 Å². The summed E-state index contributed by atoms with van der Waals surface area (Å²) < 4.78 is 1.68. The summed E-state index contributed by atoms with van der Waals surface area (Å²) in [4.78, 5) is 12.0. The van der Waals surface area contributed by atoms with Crippen LogP contribution in [-0.2, 0) is 13.0 Å². The highest BCUT2D eigenvalue weighted by atomic mass is 16.1. The summed E-state index contributed by atoms with van der Waals surface area (Å²) in [6.07, 6.45) is 0.863. The van der Waals surface area contributed by atoms with Crippen molar-refractivity contribution in [1.82, 2.24) is 9.78 Å². The van der Waals surface area contributed by atoms with Crippen LogP contribution in [0.2, 0.25) is 0 Å². The average molecular weight is 230 g/mol. The SMILES string of the molecule is CCc1[nH]n(Cc2ccc(C)cc2)c(=O)c1C. The summed E-state index contributed by atoms with van der Waals surface area (Å²) in [6.45, 7) is 6.60. The number of nitrogens with zero attached hydrogens (tertiary/aromatic N) is 1. The highest BCUT2D eigenvalue weighted by molar-refractivity contribution is 5.22. The highest BCUT2D eigenvalue weighted by Crippen LogP contribution is 2.06. The van der Waals surface area contributed by atoms with E-state index < -0.39 is 0 Å². The summed E-state index contributed by atoms with van der Waals surface area (Å²) in [6, 6.07) is 8.25. The van der Waals surface area contributed by atoms with Gasteiger partial charge in [-0.15, -0.1) is 0 Å². The number of hydrogen-bond donors (Lipinski definition) is 1. The third kappa shape index (κ3) is 2.33. The van der Waals surface area contributed by atoms with E-state index in [9.17, 15) is 4.79 Å². The molecule has 2 rings (SSSR count). The Kier molecular flexibility index (Phi) is 3.18. The van der Waals surface area contributed by atoms with Gasteiger partial charge in [-0.1, -0.05) is 36.8 Å². The lowest BCUT2D eigenvalue weighted by molar-refractivity contribution is 0.652. The predicted octanol–water partition coefficient (Wildman–Crippen LogP) is 2.40. The van der Waals surface area contributed by atoms with Gasteiger partial charge in [-0.05, 0) is 25.8 Å². The Morgan fingerprint density at radius 2 is 1.82 bits per heavy atom. The van der Waals surface area contributed by atoms with Crippen molar-refractivity contribution in [3.63, 3.8) is 0 Å². The van der Waals surface area contributed by atoms with E-state index in [0.717, 1.165) is 23.2 Å². The van der Waals surface area contributed by atoms with Crippen LogP contribution >= 0.6 is 0 Å². The molecule has 0 aliphatic rings. The number of nitrogens with one attached hydrogen (secondary N) is 1. The Bertz CT molecular complexity index is 561. The summed E-state index contributed by atoms with van der Waals surface area (Å²) >= 11 is 0. The van der Waals surface area contributed by atoms with E-state index in [-0.39, 0.29) is 5.56 Å². The minimum Gasteiger partial charge on any atom is -0.299 e. The number of hydrogen-bond acceptors (Lipinski definition) is 1. The van der Waals surface area contributed by atoms with Crippen molar-refractivity contribution in [2.45, 2.75) is 33.7 Å². The lowest BCUT2D eigenvalue weighted by atomic mass is 10.1. The molecule has 1 aromatic carbocycles. The van der Waals surface area contributed by atoms with Crippen LogP contribution in [0.1, 0.15) is 29.3 Å². The van der Waals surface area contributed by atoms with Crippen LogP contribution in [0.4, 0.5) is 0 Å². The Balaban J connectivity index is 2.30. The first-order valence-corrected chi connectivity index (χ1v) is 5.95. The zero-order chi connectivity index (χ0) is 12.4. The van der Waals surface area contributed by atoms with E-state index in [1.807, 2.05) is 6.92 Å². The van der Waals surface area contributed by atoms with E-state index in [2.05, 4.69) is 43.2 Å². The summed E-state index contributed by atoms with van der Waals surface area (Å²) in [5.41, 5.74) is 4.32. The fourth-order valence-electron chi connectivity index (χ4n) is 1.96. The molecule has 3 nitrogen and oxygen atoms in total. The quantitative estimate of drug-likeness (QED) is 0.863. The molecule has 0 radical (unpaired) electrons. The van der Waals surface area contributed by atoms with Gasteiger partial charge in [0.2, 0.25) is 0 Å².